The maximum Gasteiger partial charge on any atom is 0.307 e. The molecule has 0 spiro atoms. The Labute approximate surface area is 129 Å². The van der Waals surface area contributed by atoms with E-state index in [4.69, 9.17) is 4.74 Å². The van der Waals surface area contributed by atoms with Crippen LogP contribution >= 0.6 is 31.9 Å². The summed E-state index contributed by atoms with van der Waals surface area (Å²) < 4.78 is 6.47. The zero-order chi connectivity index (χ0) is 14.4. The Morgan fingerprint density at radius 3 is 2.32 bits per heavy atom. The molecule has 0 aliphatic heterocycles. The van der Waals surface area contributed by atoms with Gasteiger partial charge in [-0.3, -0.25) is 9.59 Å². The second kappa shape index (κ2) is 7.65. The quantitative estimate of drug-likeness (QED) is 0.722. The molecule has 0 fully saturated rings. The standard InChI is InChI=1S/C13H15Br2NO3/c1-3-19-12(17)4-5-16(2)13(18)9-6-10(14)8-11(15)7-9/h6-8H,3-5H2,1-2H3. The Morgan fingerprint density at radius 2 is 1.79 bits per heavy atom. The van der Waals surface area contributed by atoms with E-state index in [1.165, 1.54) is 4.90 Å². The van der Waals surface area contributed by atoms with Gasteiger partial charge in [-0.1, -0.05) is 31.9 Å². The van der Waals surface area contributed by atoms with Crippen molar-refractivity contribution >= 4 is 43.7 Å². The average Bonchev–Trinajstić information content (AvgIpc) is 2.34. The molecule has 1 amide bonds. The van der Waals surface area contributed by atoms with E-state index in [-0.39, 0.29) is 18.3 Å². The van der Waals surface area contributed by atoms with E-state index in [0.29, 0.717) is 18.7 Å². The van der Waals surface area contributed by atoms with E-state index in [9.17, 15) is 9.59 Å². The van der Waals surface area contributed by atoms with Crippen LogP contribution in [0.5, 0.6) is 0 Å². The molecule has 0 unspecified atom stereocenters. The van der Waals surface area contributed by atoms with E-state index < -0.39 is 0 Å². The van der Waals surface area contributed by atoms with E-state index >= 15 is 0 Å². The van der Waals surface area contributed by atoms with Crippen LogP contribution in [0.2, 0.25) is 0 Å². The second-order valence-corrected chi connectivity index (χ2v) is 5.77. The van der Waals surface area contributed by atoms with E-state index in [2.05, 4.69) is 31.9 Å². The van der Waals surface area contributed by atoms with Crippen LogP contribution in [0.25, 0.3) is 0 Å². The third-order valence-electron chi connectivity index (χ3n) is 2.41. The zero-order valence-corrected chi connectivity index (χ0v) is 14.0. The van der Waals surface area contributed by atoms with E-state index in [1.807, 2.05) is 6.07 Å². The smallest absolute Gasteiger partial charge is 0.307 e. The average molecular weight is 393 g/mol. The predicted molar refractivity (Wildman–Crippen MR) is 80.1 cm³/mol. The maximum absolute atomic E-state index is 12.2. The minimum atomic E-state index is -0.294. The number of rotatable bonds is 5. The van der Waals surface area contributed by atoms with Gasteiger partial charge in [0.15, 0.2) is 0 Å². The number of halogens is 2. The van der Waals surface area contributed by atoms with Crippen molar-refractivity contribution < 1.29 is 14.3 Å². The van der Waals surface area contributed by atoms with Crippen molar-refractivity contribution in [1.29, 1.82) is 0 Å². The molecule has 104 valence electrons. The van der Waals surface area contributed by atoms with Gasteiger partial charge in [0.05, 0.1) is 13.0 Å². The Morgan fingerprint density at radius 1 is 1.21 bits per heavy atom. The first-order valence-corrected chi connectivity index (χ1v) is 7.39. The lowest BCUT2D eigenvalue weighted by Gasteiger charge is -2.17. The minimum Gasteiger partial charge on any atom is -0.466 e. The highest BCUT2D eigenvalue weighted by Crippen LogP contribution is 2.21. The van der Waals surface area contributed by atoms with Crippen LogP contribution in [-0.4, -0.2) is 37.0 Å². The van der Waals surface area contributed by atoms with Crippen molar-refractivity contribution in [2.75, 3.05) is 20.2 Å². The van der Waals surface area contributed by atoms with Gasteiger partial charge in [0.2, 0.25) is 0 Å². The molecule has 0 atom stereocenters. The molecular formula is C13H15Br2NO3. The Balaban J connectivity index is 2.63. The molecule has 1 aromatic carbocycles. The van der Waals surface area contributed by atoms with Crippen molar-refractivity contribution in [3.05, 3.63) is 32.7 Å². The summed E-state index contributed by atoms with van der Waals surface area (Å²) in [6, 6.07) is 5.34. The van der Waals surface area contributed by atoms with Crippen LogP contribution in [0.15, 0.2) is 27.1 Å². The summed E-state index contributed by atoms with van der Waals surface area (Å²) in [7, 11) is 1.66. The van der Waals surface area contributed by atoms with Crippen LogP contribution in [0.1, 0.15) is 23.7 Å². The Bertz CT molecular complexity index is 457. The van der Waals surface area contributed by atoms with Crippen molar-refractivity contribution in [2.24, 2.45) is 0 Å². The van der Waals surface area contributed by atoms with Crippen molar-refractivity contribution in [3.8, 4) is 0 Å². The summed E-state index contributed by atoms with van der Waals surface area (Å²) in [6.07, 6.45) is 0.200. The van der Waals surface area contributed by atoms with Gasteiger partial charge in [0.1, 0.15) is 0 Å². The normalized spacial score (nSPS) is 10.1. The molecule has 19 heavy (non-hydrogen) atoms. The lowest BCUT2D eigenvalue weighted by Crippen LogP contribution is -2.29. The summed E-state index contributed by atoms with van der Waals surface area (Å²) in [5.41, 5.74) is 0.563. The van der Waals surface area contributed by atoms with Crippen molar-refractivity contribution in [1.82, 2.24) is 4.90 Å². The first-order valence-electron chi connectivity index (χ1n) is 5.81. The summed E-state index contributed by atoms with van der Waals surface area (Å²) >= 11 is 6.68. The van der Waals surface area contributed by atoms with E-state index in [0.717, 1.165) is 8.95 Å². The molecule has 1 rings (SSSR count). The Hall–Kier alpha value is -0.880. The highest BCUT2D eigenvalue weighted by molar-refractivity contribution is 9.11. The highest BCUT2D eigenvalue weighted by Gasteiger charge is 2.14. The molecule has 0 N–H and O–H groups in total. The lowest BCUT2D eigenvalue weighted by atomic mass is 10.2. The van der Waals surface area contributed by atoms with Gasteiger partial charge in [-0.25, -0.2) is 0 Å². The SMILES string of the molecule is CCOC(=O)CCN(C)C(=O)c1cc(Br)cc(Br)c1. The maximum atomic E-state index is 12.2. The minimum absolute atomic E-state index is 0.133. The Kier molecular flexibility index (Phi) is 6.51. The number of hydrogen-bond acceptors (Lipinski definition) is 3. The van der Waals surface area contributed by atoms with Crippen molar-refractivity contribution in [2.45, 2.75) is 13.3 Å². The molecule has 6 heteroatoms. The number of nitrogens with zero attached hydrogens (tertiary/aromatic N) is 1. The monoisotopic (exact) mass is 391 g/mol. The van der Waals surface area contributed by atoms with Crippen LogP contribution in [-0.2, 0) is 9.53 Å². The van der Waals surface area contributed by atoms with Gasteiger partial charge in [-0.15, -0.1) is 0 Å². The molecule has 0 aromatic heterocycles. The third-order valence-corrected chi connectivity index (χ3v) is 3.33. The third kappa shape index (κ3) is 5.32. The molecule has 0 saturated heterocycles. The molecule has 0 heterocycles. The number of benzene rings is 1. The van der Waals surface area contributed by atoms with Gasteiger partial charge in [0.25, 0.3) is 5.91 Å². The number of amides is 1. The molecule has 0 saturated carbocycles. The van der Waals surface area contributed by atoms with Gasteiger partial charge < -0.3 is 9.64 Å². The van der Waals surface area contributed by atoms with Gasteiger partial charge >= 0.3 is 5.97 Å². The van der Waals surface area contributed by atoms with Gasteiger partial charge in [-0.2, -0.15) is 0 Å². The highest BCUT2D eigenvalue weighted by atomic mass is 79.9. The first-order chi connectivity index (χ1) is 8.93. The predicted octanol–water partition coefficient (Wildman–Crippen LogP) is 3.24. The summed E-state index contributed by atoms with van der Waals surface area (Å²) in [5, 5.41) is 0. The van der Waals surface area contributed by atoms with Crippen LogP contribution < -0.4 is 0 Å². The molecule has 0 radical (unpaired) electrons. The van der Waals surface area contributed by atoms with Crippen LogP contribution in [0, 0.1) is 0 Å². The van der Waals surface area contributed by atoms with Gasteiger partial charge in [0, 0.05) is 28.1 Å². The largest absolute Gasteiger partial charge is 0.466 e. The first kappa shape index (κ1) is 16.2. The fourth-order valence-electron chi connectivity index (χ4n) is 1.49. The molecule has 0 aliphatic carbocycles. The summed E-state index contributed by atoms with van der Waals surface area (Å²) in [5.74, 6) is -0.427. The lowest BCUT2D eigenvalue weighted by molar-refractivity contribution is -0.143. The number of carbonyl (C=O) groups is 2. The molecule has 0 aliphatic rings. The molecule has 0 bridgehead atoms. The van der Waals surface area contributed by atoms with Crippen molar-refractivity contribution in [3.63, 3.8) is 0 Å². The number of carbonyl (C=O) groups excluding carboxylic acids is 2. The van der Waals surface area contributed by atoms with Gasteiger partial charge in [-0.05, 0) is 25.1 Å². The zero-order valence-electron chi connectivity index (χ0n) is 10.8. The fraction of sp³-hybridized carbons (Fsp3) is 0.385. The second-order valence-electron chi connectivity index (χ2n) is 3.94. The number of ether oxygens (including phenoxy) is 1. The van der Waals surface area contributed by atoms with Crippen LogP contribution in [0.3, 0.4) is 0 Å². The fourth-order valence-corrected chi connectivity index (χ4v) is 2.79. The van der Waals surface area contributed by atoms with Crippen LogP contribution in [0.4, 0.5) is 0 Å². The summed E-state index contributed by atoms with van der Waals surface area (Å²) in [6.45, 7) is 2.45. The molecule has 4 nitrogen and oxygen atoms in total. The topological polar surface area (TPSA) is 46.6 Å². The molecule has 1 aromatic rings. The molecular weight excluding hydrogens is 378 g/mol. The van der Waals surface area contributed by atoms with E-state index in [1.54, 1.807) is 26.1 Å². The number of esters is 1. The summed E-state index contributed by atoms with van der Waals surface area (Å²) in [4.78, 5) is 24.9. The number of hydrogen-bond donors (Lipinski definition) is 0.